The largest absolute Gasteiger partial charge is 0.342 e. The third-order valence-electron chi connectivity index (χ3n) is 3.57. The minimum Gasteiger partial charge on any atom is -0.342 e. The van der Waals surface area contributed by atoms with Crippen molar-refractivity contribution in [3.63, 3.8) is 0 Å². The van der Waals surface area contributed by atoms with E-state index in [0.717, 1.165) is 45.2 Å². The quantitative estimate of drug-likeness (QED) is 0.547. The smallest absolute Gasteiger partial charge is 0.233 e. The van der Waals surface area contributed by atoms with E-state index in [1.807, 2.05) is 4.90 Å². The van der Waals surface area contributed by atoms with Gasteiger partial charge < -0.3 is 4.90 Å². The Bertz CT molecular complexity index is 287. The van der Waals surface area contributed by atoms with E-state index in [0.29, 0.717) is 0 Å². The predicted octanol–water partition coefficient (Wildman–Crippen LogP) is 2.13. The van der Waals surface area contributed by atoms with Gasteiger partial charge >= 0.3 is 0 Å². The Morgan fingerprint density at radius 1 is 1.12 bits per heavy atom. The van der Waals surface area contributed by atoms with Crippen molar-refractivity contribution in [2.24, 2.45) is 5.92 Å². The Labute approximate surface area is 105 Å². The zero-order valence-corrected chi connectivity index (χ0v) is 11.0. The first kappa shape index (κ1) is 12.1. The van der Waals surface area contributed by atoms with Crippen molar-refractivity contribution in [2.45, 2.75) is 43.4 Å². The average Bonchev–Trinajstić information content (AvgIpc) is 2.33. The van der Waals surface area contributed by atoms with Crippen molar-refractivity contribution >= 4 is 27.6 Å². The minimum atomic E-state index is -0.365. The highest BCUT2D eigenvalue weighted by molar-refractivity contribution is 9.10. The van der Waals surface area contributed by atoms with E-state index < -0.39 is 0 Å². The minimum absolute atomic E-state index is 0.0776. The van der Waals surface area contributed by atoms with Gasteiger partial charge in [0.15, 0.2) is 5.78 Å². The second-order valence-electron chi connectivity index (χ2n) is 4.74. The van der Waals surface area contributed by atoms with Gasteiger partial charge in [-0.05, 0) is 32.1 Å². The molecule has 0 aromatic carbocycles. The molecule has 0 aromatic heterocycles. The molecule has 0 spiro atoms. The number of nitrogens with zero attached hydrogens (tertiary/aromatic N) is 1. The number of halogens is 1. The summed E-state index contributed by atoms with van der Waals surface area (Å²) in [4.78, 5) is 25.9. The fraction of sp³-hybridized carbons (Fsp3) is 0.833. The molecule has 0 N–H and O–H groups in total. The van der Waals surface area contributed by atoms with Crippen LogP contribution in [0.4, 0.5) is 0 Å². The molecule has 1 amide bonds. The Hall–Kier alpha value is -0.380. The van der Waals surface area contributed by atoms with Crippen molar-refractivity contribution in [3.05, 3.63) is 0 Å². The van der Waals surface area contributed by atoms with Crippen LogP contribution in [0.3, 0.4) is 0 Å². The molecule has 16 heavy (non-hydrogen) atoms. The van der Waals surface area contributed by atoms with Crippen LogP contribution in [-0.4, -0.2) is 34.5 Å². The molecular formula is C12H18BrNO2. The topological polar surface area (TPSA) is 37.4 Å². The number of ketones is 1. The van der Waals surface area contributed by atoms with Gasteiger partial charge in [-0.25, -0.2) is 0 Å². The number of likely N-dealkylation sites (tertiary alicyclic amines) is 1. The fourth-order valence-electron chi connectivity index (χ4n) is 2.58. The molecule has 0 aromatic rings. The van der Waals surface area contributed by atoms with E-state index >= 15 is 0 Å². The lowest BCUT2D eigenvalue weighted by Crippen LogP contribution is -2.45. The van der Waals surface area contributed by atoms with Gasteiger partial charge in [0.2, 0.25) is 5.91 Å². The second kappa shape index (κ2) is 5.30. The predicted molar refractivity (Wildman–Crippen MR) is 65.5 cm³/mol. The number of carbonyl (C=O) groups excluding carboxylic acids is 2. The van der Waals surface area contributed by atoms with E-state index in [9.17, 15) is 9.59 Å². The molecule has 1 aliphatic heterocycles. The molecule has 0 bridgehead atoms. The highest BCUT2D eigenvalue weighted by Crippen LogP contribution is 2.28. The molecule has 90 valence electrons. The van der Waals surface area contributed by atoms with Crippen molar-refractivity contribution in [1.29, 1.82) is 0 Å². The Morgan fingerprint density at radius 2 is 1.81 bits per heavy atom. The SMILES string of the molecule is O=C1C(Br)CCCC1C(=O)N1CCCCC1. The van der Waals surface area contributed by atoms with E-state index in [4.69, 9.17) is 0 Å². The summed E-state index contributed by atoms with van der Waals surface area (Å²) < 4.78 is 0. The standard InChI is InChI=1S/C12H18BrNO2/c13-10-6-4-5-9(11(10)15)12(16)14-7-2-1-3-8-14/h9-10H,1-8H2. The highest BCUT2D eigenvalue weighted by atomic mass is 79.9. The van der Waals surface area contributed by atoms with Crippen molar-refractivity contribution < 1.29 is 9.59 Å². The summed E-state index contributed by atoms with van der Waals surface area (Å²) in [5, 5.41) is 0. The maximum Gasteiger partial charge on any atom is 0.233 e. The Balaban J connectivity index is 1.99. The lowest BCUT2D eigenvalue weighted by molar-refractivity contribution is -0.143. The molecule has 2 aliphatic rings. The van der Waals surface area contributed by atoms with Crippen LogP contribution in [0.25, 0.3) is 0 Å². The number of rotatable bonds is 1. The molecule has 3 nitrogen and oxygen atoms in total. The number of hydrogen-bond acceptors (Lipinski definition) is 2. The number of hydrogen-bond donors (Lipinski definition) is 0. The van der Waals surface area contributed by atoms with Crippen LogP contribution >= 0.6 is 15.9 Å². The van der Waals surface area contributed by atoms with Crippen LogP contribution in [0.15, 0.2) is 0 Å². The molecule has 2 fully saturated rings. The second-order valence-corrected chi connectivity index (χ2v) is 5.84. The van der Waals surface area contributed by atoms with E-state index in [-0.39, 0.29) is 22.4 Å². The lowest BCUT2D eigenvalue weighted by Gasteiger charge is -2.32. The number of alkyl halides is 1. The number of amides is 1. The Kier molecular flexibility index (Phi) is 4.00. The molecule has 1 saturated heterocycles. The van der Waals surface area contributed by atoms with E-state index in [1.54, 1.807) is 0 Å². The number of carbonyl (C=O) groups is 2. The molecule has 2 unspecified atom stereocenters. The van der Waals surface area contributed by atoms with Crippen LogP contribution in [0.2, 0.25) is 0 Å². The first-order valence-electron chi connectivity index (χ1n) is 6.17. The van der Waals surface area contributed by atoms with E-state index in [2.05, 4.69) is 15.9 Å². The Morgan fingerprint density at radius 3 is 2.50 bits per heavy atom. The lowest BCUT2D eigenvalue weighted by atomic mass is 9.86. The van der Waals surface area contributed by atoms with Gasteiger partial charge in [-0.3, -0.25) is 9.59 Å². The summed E-state index contributed by atoms with van der Waals surface area (Å²) in [7, 11) is 0. The normalized spacial score (nSPS) is 31.6. The summed E-state index contributed by atoms with van der Waals surface area (Å²) >= 11 is 3.37. The van der Waals surface area contributed by atoms with Crippen molar-refractivity contribution in [3.8, 4) is 0 Å². The van der Waals surface area contributed by atoms with Gasteiger partial charge in [0.25, 0.3) is 0 Å². The van der Waals surface area contributed by atoms with Crippen LogP contribution in [-0.2, 0) is 9.59 Å². The molecule has 0 radical (unpaired) electrons. The molecule has 1 saturated carbocycles. The fourth-order valence-corrected chi connectivity index (χ4v) is 3.23. The zero-order valence-electron chi connectivity index (χ0n) is 9.45. The summed E-state index contributed by atoms with van der Waals surface area (Å²) in [5.74, 6) is -0.188. The van der Waals surface area contributed by atoms with Gasteiger partial charge in [-0.2, -0.15) is 0 Å². The number of piperidine rings is 1. The van der Waals surface area contributed by atoms with Gasteiger partial charge in [0.05, 0.1) is 10.7 Å². The molecular weight excluding hydrogens is 270 g/mol. The monoisotopic (exact) mass is 287 g/mol. The van der Waals surface area contributed by atoms with E-state index in [1.165, 1.54) is 6.42 Å². The van der Waals surface area contributed by atoms with Crippen molar-refractivity contribution in [2.75, 3.05) is 13.1 Å². The number of Topliss-reactive ketones (excluding diaryl/α,β-unsaturated/α-hetero) is 1. The summed E-state index contributed by atoms with van der Waals surface area (Å²) in [6, 6.07) is 0. The molecule has 1 aliphatic carbocycles. The highest BCUT2D eigenvalue weighted by Gasteiger charge is 2.36. The summed E-state index contributed by atoms with van der Waals surface area (Å²) in [6.45, 7) is 1.69. The third-order valence-corrected chi connectivity index (χ3v) is 4.48. The average molecular weight is 288 g/mol. The van der Waals surface area contributed by atoms with Gasteiger partial charge in [0, 0.05) is 13.1 Å². The van der Waals surface area contributed by atoms with Crippen LogP contribution < -0.4 is 0 Å². The van der Waals surface area contributed by atoms with Crippen LogP contribution in [0, 0.1) is 5.92 Å². The molecule has 2 atom stereocenters. The molecule has 2 rings (SSSR count). The van der Waals surface area contributed by atoms with Crippen LogP contribution in [0.5, 0.6) is 0 Å². The van der Waals surface area contributed by atoms with Crippen molar-refractivity contribution in [1.82, 2.24) is 4.90 Å². The maximum absolute atomic E-state index is 12.2. The summed E-state index contributed by atoms with van der Waals surface area (Å²) in [5.41, 5.74) is 0. The van der Waals surface area contributed by atoms with Gasteiger partial charge in [-0.15, -0.1) is 0 Å². The summed E-state index contributed by atoms with van der Waals surface area (Å²) in [6.07, 6.45) is 5.99. The maximum atomic E-state index is 12.2. The van der Waals surface area contributed by atoms with Gasteiger partial charge in [-0.1, -0.05) is 22.4 Å². The third kappa shape index (κ3) is 2.47. The molecule has 4 heteroatoms. The van der Waals surface area contributed by atoms with Crippen LogP contribution in [0.1, 0.15) is 38.5 Å². The van der Waals surface area contributed by atoms with Gasteiger partial charge in [0.1, 0.15) is 0 Å². The molecule has 1 heterocycles. The first-order chi connectivity index (χ1) is 7.70. The first-order valence-corrected chi connectivity index (χ1v) is 7.08. The zero-order chi connectivity index (χ0) is 11.5.